The molecule has 0 spiro atoms. The van der Waals surface area contributed by atoms with Crippen LogP contribution in [0.4, 0.5) is 0 Å². The Labute approximate surface area is 215 Å². The summed E-state index contributed by atoms with van der Waals surface area (Å²) in [6.45, 7) is 14.6. The summed E-state index contributed by atoms with van der Waals surface area (Å²) >= 11 is 0. The number of methoxy groups -OCH3 is 1. The first-order chi connectivity index (χ1) is 17.3. The number of carbonyl (C=O) groups excluding carboxylic acids is 2. The second-order valence-corrected chi connectivity index (χ2v) is 10.4. The quantitative estimate of drug-likeness (QED) is 0.553. The molecule has 0 aromatic heterocycles. The highest BCUT2D eigenvalue weighted by Crippen LogP contribution is 2.22. The zero-order chi connectivity index (χ0) is 25.7. The molecule has 2 aromatic carbocycles. The molecule has 4 rings (SSSR count). The molecule has 2 atom stereocenters. The van der Waals surface area contributed by atoms with Crippen LogP contribution in [0.5, 0.6) is 0 Å². The molecule has 0 aliphatic carbocycles. The standard InChI is InChI=1S/C29H40N4O3/c1-22-17-31(19-25-8-10-28(11-9-25)29(35)36-4)18-23(2)33(22)21-27-7-5-6-26(16-27)20-30-12-14-32(15-13-30)24(3)34/h5-11,16,22-23H,12-15,17-21H2,1-4H3/t22-,23+. The molecule has 0 bridgehead atoms. The Kier molecular flexibility index (Phi) is 8.77. The van der Waals surface area contributed by atoms with Crippen molar-refractivity contribution in [3.05, 3.63) is 70.8 Å². The van der Waals surface area contributed by atoms with Crippen LogP contribution < -0.4 is 0 Å². The van der Waals surface area contributed by atoms with E-state index in [1.54, 1.807) is 6.92 Å². The maximum absolute atomic E-state index is 11.7. The van der Waals surface area contributed by atoms with E-state index in [1.165, 1.54) is 23.8 Å². The molecule has 0 unspecified atom stereocenters. The molecule has 0 radical (unpaired) electrons. The van der Waals surface area contributed by atoms with Crippen LogP contribution in [-0.4, -0.2) is 89.9 Å². The predicted octanol–water partition coefficient (Wildman–Crippen LogP) is 3.23. The van der Waals surface area contributed by atoms with Gasteiger partial charge in [0, 0.05) is 77.9 Å². The largest absolute Gasteiger partial charge is 0.465 e. The van der Waals surface area contributed by atoms with Gasteiger partial charge in [0.2, 0.25) is 5.91 Å². The van der Waals surface area contributed by atoms with Crippen molar-refractivity contribution < 1.29 is 14.3 Å². The monoisotopic (exact) mass is 492 g/mol. The summed E-state index contributed by atoms with van der Waals surface area (Å²) in [7, 11) is 1.41. The van der Waals surface area contributed by atoms with Crippen molar-refractivity contribution in [1.29, 1.82) is 0 Å². The average molecular weight is 493 g/mol. The molecule has 0 saturated carbocycles. The lowest BCUT2D eigenvalue weighted by Crippen LogP contribution is -2.55. The molecule has 1 amide bonds. The van der Waals surface area contributed by atoms with Crippen LogP contribution in [0.15, 0.2) is 48.5 Å². The van der Waals surface area contributed by atoms with Crippen LogP contribution >= 0.6 is 0 Å². The van der Waals surface area contributed by atoms with Gasteiger partial charge in [-0.15, -0.1) is 0 Å². The van der Waals surface area contributed by atoms with E-state index in [1.807, 2.05) is 29.2 Å². The normalized spacial score (nSPS) is 21.9. The van der Waals surface area contributed by atoms with Crippen molar-refractivity contribution in [2.24, 2.45) is 0 Å². The minimum atomic E-state index is -0.294. The smallest absolute Gasteiger partial charge is 0.337 e. The topological polar surface area (TPSA) is 56.3 Å². The van der Waals surface area contributed by atoms with Crippen molar-refractivity contribution in [2.45, 2.75) is 52.5 Å². The Hall–Kier alpha value is -2.74. The van der Waals surface area contributed by atoms with E-state index in [0.29, 0.717) is 17.6 Å². The van der Waals surface area contributed by atoms with Crippen molar-refractivity contribution in [3.8, 4) is 0 Å². The minimum Gasteiger partial charge on any atom is -0.465 e. The first-order valence-corrected chi connectivity index (χ1v) is 13.0. The van der Waals surface area contributed by atoms with Crippen molar-refractivity contribution in [3.63, 3.8) is 0 Å². The third kappa shape index (κ3) is 6.72. The molecule has 194 valence electrons. The van der Waals surface area contributed by atoms with E-state index in [2.05, 4.69) is 52.8 Å². The average Bonchev–Trinajstić information content (AvgIpc) is 2.87. The third-order valence-electron chi connectivity index (χ3n) is 7.54. The number of hydrogen-bond donors (Lipinski definition) is 0. The van der Waals surface area contributed by atoms with Gasteiger partial charge in [0.05, 0.1) is 12.7 Å². The molecular weight excluding hydrogens is 452 g/mol. The SMILES string of the molecule is COC(=O)c1ccc(CN2C[C@@H](C)N(Cc3cccc(CN4CCN(C(C)=O)CC4)c3)[C@@H](C)C2)cc1. The molecule has 2 fully saturated rings. The Morgan fingerprint density at radius 1 is 0.806 bits per heavy atom. The maximum atomic E-state index is 11.7. The van der Waals surface area contributed by atoms with Gasteiger partial charge in [0.1, 0.15) is 0 Å². The van der Waals surface area contributed by atoms with Crippen LogP contribution in [0.1, 0.15) is 47.8 Å². The van der Waals surface area contributed by atoms with Crippen molar-refractivity contribution in [2.75, 3.05) is 46.4 Å². The van der Waals surface area contributed by atoms with Crippen LogP contribution in [-0.2, 0) is 29.2 Å². The Bertz CT molecular complexity index is 1020. The maximum Gasteiger partial charge on any atom is 0.337 e. The molecule has 2 heterocycles. The summed E-state index contributed by atoms with van der Waals surface area (Å²) in [5, 5.41) is 0. The van der Waals surface area contributed by atoms with Gasteiger partial charge in [-0.3, -0.25) is 19.5 Å². The minimum absolute atomic E-state index is 0.177. The van der Waals surface area contributed by atoms with Crippen molar-refractivity contribution >= 4 is 11.9 Å². The number of benzene rings is 2. The molecular formula is C29H40N4O3. The third-order valence-corrected chi connectivity index (χ3v) is 7.54. The summed E-state index contributed by atoms with van der Waals surface area (Å²) in [6.07, 6.45) is 0. The van der Waals surface area contributed by atoms with Crippen LogP contribution in [0, 0.1) is 0 Å². The number of rotatable bonds is 7. The molecule has 7 nitrogen and oxygen atoms in total. The fourth-order valence-corrected chi connectivity index (χ4v) is 5.55. The fourth-order valence-electron chi connectivity index (χ4n) is 5.55. The zero-order valence-electron chi connectivity index (χ0n) is 22.2. The number of amides is 1. The van der Waals surface area contributed by atoms with E-state index >= 15 is 0 Å². The van der Waals surface area contributed by atoms with Gasteiger partial charge >= 0.3 is 5.97 Å². The second-order valence-electron chi connectivity index (χ2n) is 10.4. The number of nitrogens with zero attached hydrogens (tertiary/aromatic N) is 4. The van der Waals surface area contributed by atoms with Crippen molar-refractivity contribution in [1.82, 2.24) is 19.6 Å². The zero-order valence-corrected chi connectivity index (χ0v) is 22.2. The summed E-state index contributed by atoms with van der Waals surface area (Å²) in [5.74, 6) is -0.117. The lowest BCUT2D eigenvalue weighted by atomic mass is 10.0. The summed E-state index contributed by atoms with van der Waals surface area (Å²) in [5.41, 5.74) is 4.51. The summed E-state index contributed by atoms with van der Waals surface area (Å²) in [4.78, 5) is 32.8. The number of hydrogen-bond acceptors (Lipinski definition) is 6. The van der Waals surface area contributed by atoms with Gasteiger partial charge in [-0.2, -0.15) is 0 Å². The van der Waals surface area contributed by atoms with Crippen LogP contribution in [0.3, 0.4) is 0 Å². The van der Waals surface area contributed by atoms with E-state index in [-0.39, 0.29) is 11.9 Å². The number of carbonyl (C=O) groups is 2. The van der Waals surface area contributed by atoms with Crippen LogP contribution in [0.25, 0.3) is 0 Å². The highest BCUT2D eigenvalue weighted by Gasteiger charge is 2.29. The van der Waals surface area contributed by atoms with E-state index in [4.69, 9.17) is 4.74 Å². The Morgan fingerprint density at radius 3 is 1.97 bits per heavy atom. The second kappa shape index (κ2) is 12.0. The number of ether oxygens (including phenoxy) is 1. The predicted molar refractivity (Wildman–Crippen MR) is 141 cm³/mol. The lowest BCUT2D eigenvalue weighted by Gasteiger charge is -2.44. The Morgan fingerprint density at radius 2 is 1.39 bits per heavy atom. The van der Waals surface area contributed by atoms with Gasteiger partial charge in [-0.25, -0.2) is 4.79 Å². The molecule has 7 heteroatoms. The molecule has 2 saturated heterocycles. The van der Waals surface area contributed by atoms with E-state index in [0.717, 1.165) is 58.9 Å². The van der Waals surface area contributed by atoms with Crippen LogP contribution in [0.2, 0.25) is 0 Å². The first kappa shape index (κ1) is 26.3. The van der Waals surface area contributed by atoms with Gasteiger partial charge in [-0.05, 0) is 42.7 Å². The molecule has 36 heavy (non-hydrogen) atoms. The summed E-state index contributed by atoms with van der Waals surface area (Å²) in [6, 6.07) is 17.6. The van der Waals surface area contributed by atoms with Gasteiger partial charge in [-0.1, -0.05) is 36.4 Å². The highest BCUT2D eigenvalue weighted by atomic mass is 16.5. The number of piperazine rings is 2. The molecule has 2 aliphatic heterocycles. The van der Waals surface area contributed by atoms with E-state index in [9.17, 15) is 9.59 Å². The van der Waals surface area contributed by atoms with Gasteiger partial charge in [0.15, 0.2) is 0 Å². The molecule has 0 N–H and O–H groups in total. The fraction of sp³-hybridized carbons (Fsp3) is 0.517. The Balaban J connectivity index is 1.30. The molecule has 2 aliphatic rings. The lowest BCUT2D eigenvalue weighted by molar-refractivity contribution is -0.130. The molecule has 2 aromatic rings. The van der Waals surface area contributed by atoms with E-state index < -0.39 is 0 Å². The van der Waals surface area contributed by atoms with Gasteiger partial charge < -0.3 is 9.64 Å². The van der Waals surface area contributed by atoms with Gasteiger partial charge in [0.25, 0.3) is 0 Å². The highest BCUT2D eigenvalue weighted by molar-refractivity contribution is 5.89. The number of esters is 1. The first-order valence-electron chi connectivity index (χ1n) is 13.0. The summed E-state index contributed by atoms with van der Waals surface area (Å²) < 4.78 is 4.80.